The van der Waals surface area contributed by atoms with Gasteiger partial charge in [-0.05, 0) is 36.6 Å². The van der Waals surface area contributed by atoms with Gasteiger partial charge in [-0.25, -0.2) is 9.97 Å². The summed E-state index contributed by atoms with van der Waals surface area (Å²) in [5, 5.41) is 10.3. The highest BCUT2D eigenvalue weighted by Gasteiger charge is 2.33. The molecule has 9 heteroatoms. The summed E-state index contributed by atoms with van der Waals surface area (Å²) in [6, 6.07) is 4.62. The molecule has 1 fully saturated rings. The Bertz CT molecular complexity index is 1060. The number of Topliss-reactive ketones (excluding diaryl/α,β-unsaturated/α-hetero) is 1. The zero-order chi connectivity index (χ0) is 20.6. The number of pyridine rings is 2. The van der Waals surface area contributed by atoms with Crippen LogP contribution >= 0.6 is 0 Å². The lowest BCUT2D eigenvalue weighted by atomic mass is 9.97. The first-order valence-electron chi connectivity index (χ1n) is 9.17. The second-order valence-corrected chi connectivity index (χ2v) is 7.02. The molecule has 152 valence electrons. The van der Waals surface area contributed by atoms with Crippen molar-refractivity contribution in [1.29, 1.82) is 0 Å². The Hall–Kier alpha value is -2.94. The number of alkyl halides is 3. The van der Waals surface area contributed by atoms with E-state index < -0.39 is 17.7 Å². The van der Waals surface area contributed by atoms with Crippen LogP contribution in [-0.4, -0.2) is 38.5 Å². The van der Waals surface area contributed by atoms with Crippen LogP contribution in [0.25, 0.3) is 5.65 Å². The van der Waals surface area contributed by atoms with Crippen LogP contribution < -0.4 is 0 Å². The van der Waals surface area contributed by atoms with Crippen molar-refractivity contribution in [3.8, 4) is 5.75 Å². The lowest BCUT2D eigenvalue weighted by Crippen LogP contribution is -2.14. The summed E-state index contributed by atoms with van der Waals surface area (Å²) in [4.78, 5) is 20.4. The lowest BCUT2D eigenvalue weighted by molar-refractivity contribution is -0.141. The van der Waals surface area contributed by atoms with E-state index in [4.69, 9.17) is 4.74 Å². The first kappa shape index (κ1) is 19.4. The van der Waals surface area contributed by atoms with Gasteiger partial charge in [0.2, 0.25) is 0 Å². The summed E-state index contributed by atoms with van der Waals surface area (Å²) in [7, 11) is 0. The zero-order valence-corrected chi connectivity index (χ0v) is 15.3. The van der Waals surface area contributed by atoms with Crippen LogP contribution in [0.15, 0.2) is 36.7 Å². The Kier molecular flexibility index (Phi) is 4.99. The molecule has 0 spiro atoms. The minimum absolute atomic E-state index is 0.0920. The summed E-state index contributed by atoms with van der Waals surface area (Å²) in [5.41, 5.74) is 0.284. The predicted octanol–water partition coefficient (Wildman–Crippen LogP) is 3.77. The van der Waals surface area contributed by atoms with Gasteiger partial charge in [0, 0.05) is 37.9 Å². The number of fused-ring (bicyclic) bond motifs is 1. The highest BCUT2D eigenvalue weighted by molar-refractivity contribution is 5.95. The fourth-order valence-electron chi connectivity index (χ4n) is 3.47. The summed E-state index contributed by atoms with van der Waals surface area (Å²) in [6.45, 7) is 1.32. The van der Waals surface area contributed by atoms with Crippen LogP contribution in [0.3, 0.4) is 0 Å². The molecular formula is C20H18F3N3O3. The Balaban J connectivity index is 1.59. The number of carbonyl (C=O) groups is 1. The standard InChI is InChI=1S/C20H18F3N3O3/c21-20(22,23)18-3-1-2-14(24-18)16(27)8-12-9-17(28)19-25-15(11-26(19)10-12)13-4-6-29-7-5-13/h1-3,9-11,13,28H,4-8H2. The molecule has 3 aromatic rings. The van der Waals surface area contributed by atoms with Crippen LogP contribution in [0.4, 0.5) is 13.2 Å². The van der Waals surface area contributed by atoms with Gasteiger partial charge in [0.05, 0.1) is 5.69 Å². The number of halogens is 3. The summed E-state index contributed by atoms with van der Waals surface area (Å²) < 4.78 is 45.4. The van der Waals surface area contributed by atoms with E-state index in [1.807, 2.05) is 6.20 Å². The molecule has 0 aromatic carbocycles. The average Bonchev–Trinajstić information content (AvgIpc) is 3.13. The number of aromatic nitrogens is 3. The van der Waals surface area contributed by atoms with Crippen molar-refractivity contribution in [1.82, 2.24) is 14.4 Å². The van der Waals surface area contributed by atoms with Gasteiger partial charge in [-0.1, -0.05) is 6.07 Å². The highest BCUT2D eigenvalue weighted by Crippen LogP contribution is 2.30. The minimum atomic E-state index is -4.62. The first-order chi connectivity index (χ1) is 13.8. The van der Waals surface area contributed by atoms with Crippen molar-refractivity contribution in [2.75, 3.05) is 13.2 Å². The van der Waals surface area contributed by atoms with E-state index >= 15 is 0 Å². The van der Waals surface area contributed by atoms with Gasteiger partial charge < -0.3 is 14.2 Å². The van der Waals surface area contributed by atoms with Crippen molar-refractivity contribution in [3.05, 3.63) is 59.3 Å². The molecule has 1 aliphatic heterocycles. The second kappa shape index (κ2) is 7.47. The molecule has 0 saturated carbocycles. The number of rotatable bonds is 4. The third-order valence-corrected chi connectivity index (χ3v) is 4.94. The number of ether oxygens (including phenoxy) is 1. The number of hydrogen-bond donors (Lipinski definition) is 1. The summed E-state index contributed by atoms with van der Waals surface area (Å²) in [5.74, 6) is -0.423. The van der Waals surface area contributed by atoms with E-state index in [0.717, 1.165) is 30.7 Å². The Morgan fingerprint density at radius 2 is 1.97 bits per heavy atom. The van der Waals surface area contributed by atoms with E-state index in [-0.39, 0.29) is 23.8 Å². The first-order valence-corrected chi connectivity index (χ1v) is 9.17. The fourth-order valence-corrected chi connectivity index (χ4v) is 3.47. The van der Waals surface area contributed by atoms with Gasteiger partial charge in [0.15, 0.2) is 17.2 Å². The van der Waals surface area contributed by atoms with Gasteiger partial charge in [0.25, 0.3) is 0 Å². The number of hydrogen-bond acceptors (Lipinski definition) is 5. The lowest BCUT2D eigenvalue weighted by Gasteiger charge is -2.19. The Morgan fingerprint density at radius 1 is 1.21 bits per heavy atom. The van der Waals surface area contributed by atoms with E-state index in [2.05, 4.69) is 9.97 Å². The quantitative estimate of drug-likeness (QED) is 0.669. The molecular weight excluding hydrogens is 387 g/mol. The van der Waals surface area contributed by atoms with Gasteiger partial charge in [0.1, 0.15) is 11.4 Å². The zero-order valence-electron chi connectivity index (χ0n) is 15.3. The topological polar surface area (TPSA) is 76.7 Å². The SMILES string of the molecule is O=C(Cc1cc(O)c2nc(C3CCOCC3)cn2c1)c1cccc(C(F)(F)F)n1. The molecule has 0 radical (unpaired) electrons. The van der Waals surface area contributed by atoms with Gasteiger partial charge in [-0.2, -0.15) is 13.2 Å². The molecule has 4 heterocycles. The van der Waals surface area contributed by atoms with Crippen LogP contribution in [0, 0.1) is 0 Å². The van der Waals surface area contributed by atoms with Gasteiger partial charge in [-0.3, -0.25) is 4.79 Å². The smallest absolute Gasteiger partial charge is 0.433 e. The van der Waals surface area contributed by atoms with Crippen molar-refractivity contribution in [2.45, 2.75) is 31.4 Å². The van der Waals surface area contributed by atoms with Crippen molar-refractivity contribution in [2.24, 2.45) is 0 Å². The van der Waals surface area contributed by atoms with E-state index in [0.29, 0.717) is 24.4 Å². The molecule has 1 saturated heterocycles. The number of imidazole rings is 1. The van der Waals surface area contributed by atoms with Crippen LogP contribution in [-0.2, 0) is 17.3 Å². The molecule has 0 atom stereocenters. The summed E-state index contributed by atoms with van der Waals surface area (Å²) >= 11 is 0. The normalized spacial score (nSPS) is 15.7. The third-order valence-electron chi connectivity index (χ3n) is 4.94. The molecule has 29 heavy (non-hydrogen) atoms. The van der Waals surface area contributed by atoms with Crippen LogP contribution in [0.1, 0.15) is 46.2 Å². The number of carbonyl (C=O) groups excluding carboxylic acids is 1. The van der Waals surface area contributed by atoms with Crippen molar-refractivity contribution < 1.29 is 27.8 Å². The fraction of sp³-hybridized carbons (Fsp3) is 0.350. The molecule has 0 unspecified atom stereocenters. The third kappa shape index (κ3) is 4.09. The second-order valence-electron chi connectivity index (χ2n) is 7.02. The summed E-state index contributed by atoms with van der Waals surface area (Å²) in [6.07, 6.45) is 0.333. The molecule has 3 aromatic heterocycles. The maximum absolute atomic E-state index is 12.8. The van der Waals surface area contributed by atoms with Crippen LogP contribution in [0.5, 0.6) is 5.75 Å². The van der Waals surface area contributed by atoms with Gasteiger partial charge >= 0.3 is 6.18 Å². The minimum Gasteiger partial charge on any atom is -0.504 e. The molecule has 6 nitrogen and oxygen atoms in total. The molecule has 0 bridgehead atoms. The maximum Gasteiger partial charge on any atom is 0.433 e. The highest BCUT2D eigenvalue weighted by atomic mass is 19.4. The van der Waals surface area contributed by atoms with E-state index in [1.54, 1.807) is 10.6 Å². The predicted molar refractivity (Wildman–Crippen MR) is 96.9 cm³/mol. The van der Waals surface area contributed by atoms with E-state index in [1.165, 1.54) is 12.1 Å². The van der Waals surface area contributed by atoms with Gasteiger partial charge in [-0.15, -0.1) is 0 Å². The van der Waals surface area contributed by atoms with E-state index in [9.17, 15) is 23.1 Å². The van der Waals surface area contributed by atoms with Crippen molar-refractivity contribution in [3.63, 3.8) is 0 Å². The number of ketones is 1. The molecule has 0 amide bonds. The van der Waals surface area contributed by atoms with Crippen molar-refractivity contribution >= 4 is 11.4 Å². The molecule has 0 aliphatic carbocycles. The monoisotopic (exact) mass is 405 g/mol. The Morgan fingerprint density at radius 3 is 2.69 bits per heavy atom. The molecule has 1 aliphatic rings. The molecule has 4 rings (SSSR count). The Labute approximate surface area is 164 Å². The number of nitrogens with zero attached hydrogens (tertiary/aromatic N) is 3. The average molecular weight is 405 g/mol. The van der Waals surface area contributed by atoms with Crippen LogP contribution in [0.2, 0.25) is 0 Å². The largest absolute Gasteiger partial charge is 0.504 e. The number of aromatic hydroxyl groups is 1. The maximum atomic E-state index is 12.8. The molecule has 1 N–H and O–H groups in total.